The summed E-state index contributed by atoms with van der Waals surface area (Å²) >= 11 is 10.6. The zero-order valence-electron chi connectivity index (χ0n) is 43.8. The van der Waals surface area contributed by atoms with E-state index in [9.17, 15) is 28.8 Å². The molecule has 6 N–H and O–H groups in total. The highest BCUT2D eigenvalue weighted by Gasteiger charge is 2.22. The number of fused-ring (bicyclic) bond motifs is 4. The number of nitrogens with one attached hydrogen (secondary N) is 2. The quantitative estimate of drug-likeness (QED) is 0.0162. The molecule has 0 saturated heterocycles. The predicted octanol–water partition coefficient (Wildman–Crippen LogP) is 10.5. The summed E-state index contributed by atoms with van der Waals surface area (Å²) in [5.41, 5.74) is 17.0. The monoisotopic (exact) mass is 1090 g/mol. The predicted molar refractivity (Wildman–Crippen MR) is 313 cm³/mol. The van der Waals surface area contributed by atoms with Crippen LogP contribution in [-0.4, -0.2) is 80.4 Å². The summed E-state index contributed by atoms with van der Waals surface area (Å²) in [5.74, 6) is 8.01. The number of aromatic amines is 2. The Bertz CT molecular complexity index is 3410. The molecule has 0 aliphatic heterocycles. The number of aryl methyl sites for hydroxylation is 2. The summed E-state index contributed by atoms with van der Waals surface area (Å²) in [6, 6.07) is 30.6. The van der Waals surface area contributed by atoms with E-state index in [0.29, 0.717) is 42.3 Å². The Labute approximate surface area is 465 Å². The van der Waals surface area contributed by atoms with Gasteiger partial charge in [-0.2, -0.15) is 0 Å². The van der Waals surface area contributed by atoms with Gasteiger partial charge in [0.05, 0.1) is 38.2 Å². The minimum atomic E-state index is -0.850. The van der Waals surface area contributed by atoms with E-state index >= 15 is 0 Å². The number of H-pyrrole nitrogens is 2. The third kappa shape index (κ3) is 20.0. The molecule has 4 aromatic heterocycles. The molecule has 0 atom stereocenters. The van der Waals surface area contributed by atoms with E-state index < -0.39 is 23.5 Å². The number of esters is 2. The Balaban J connectivity index is 0.000000257. The number of ether oxygens (including phenoxy) is 2. The number of terminal acetylenes is 4. The molecule has 0 bridgehead atoms. The lowest BCUT2D eigenvalue weighted by atomic mass is 10.1. The molecule has 0 fully saturated rings. The summed E-state index contributed by atoms with van der Waals surface area (Å²) in [4.78, 5) is 73.8. The van der Waals surface area contributed by atoms with Crippen molar-refractivity contribution in [2.45, 2.75) is 77.3 Å². The zero-order valence-corrected chi connectivity index (χ0v) is 45.3. The van der Waals surface area contributed by atoms with Crippen LogP contribution in [0.3, 0.4) is 0 Å². The number of aromatic nitrogens is 4. The Kier molecular flexibility index (Phi) is 28.7. The number of Topliss-reactive ketones (excluding diaryl/α,β-unsaturated/α-hetero) is 2. The average Bonchev–Trinajstić information content (AvgIpc) is 4.28. The fraction of sp³-hybridized carbons (Fsp3) is 0.258. The van der Waals surface area contributed by atoms with Crippen LogP contribution in [0.25, 0.3) is 43.6 Å². The van der Waals surface area contributed by atoms with E-state index in [1.54, 1.807) is 12.3 Å². The van der Waals surface area contributed by atoms with Gasteiger partial charge in [-0.15, -0.1) is 72.6 Å². The first kappa shape index (κ1) is 63.4. The number of para-hydroxylation sites is 4. The van der Waals surface area contributed by atoms with Crippen molar-refractivity contribution in [1.29, 1.82) is 0 Å². The normalized spacial score (nSPS) is 9.85. The molecule has 14 nitrogen and oxygen atoms in total. The zero-order chi connectivity index (χ0) is 57.2. The molecule has 8 rings (SSSR count). The molecule has 4 heterocycles. The smallest absolute Gasteiger partial charge is 0.379 e. The lowest BCUT2D eigenvalue weighted by molar-refractivity contribution is -0.135. The van der Waals surface area contributed by atoms with E-state index in [4.69, 9.17) is 60.4 Å². The first-order chi connectivity index (χ1) is 37.7. The van der Waals surface area contributed by atoms with E-state index in [2.05, 4.69) is 53.8 Å². The average molecular weight is 1090 g/mol. The summed E-state index contributed by atoms with van der Waals surface area (Å²) in [5, 5.41) is 3.65. The minimum Gasteiger partial charge on any atom is -0.463 e. The van der Waals surface area contributed by atoms with E-state index in [1.807, 2.05) is 102 Å². The molecule has 0 saturated carbocycles. The van der Waals surface area contributed by atoms with Crippen LogP contribution in [0, 0.1) is 49.4 Å². The lowest BCUT2D eigenvalue weighted by Crippen LogP contribution is -2.15. The number of amides is 2. The van der Waals surface area contributed by atoms with Gasteiger partial charge in [0.2, 0.25) is 11.8 Å². The Morgan fingerprint density at radius 1 is 0.500 bits per heavy atom. The lowest BCUT2D eigenvalue weighted by Gasteiger charge is -2.02. The number of carbonyl (C=O) groups excluding carboxylic acids is 6. The van der Waals surface area contributed by atoms with Crippen molar-refractivity contribution in [2.75, 3.05) is 26.0 Å². The van der Waals surface area contributed by atoms with Crippen LogP contribution in [0.1, 0.15) is 83.2 Å². The second-order valence-corrected chi connectivity index (χ2v) is 17.5. The topological polar surface area (TPSA) is 214 Å². The minimum absolute atomic E-state index is 0.280. The van der Waals surface area contributed by atoms with Gasteiger partial charge in [-0.3, -0.25) is 19.2 Å². The number of hydrogen-bond donors (Lipinski definition) is 4. The van der Waals surface area contributed by atoms with Gasteiger partial charge in [0, 0.05) is 119 Å². The van der Waals surface area contributed by atoms with Crippen molar-refractivity contribution in [3.63, 3.8) is 0 Å². The Morgan fingerprint density at radius 3 is 1.38 bits per heavy atom. The number of rotatable bonds is 18. The molecule has 0 aliphatic carbocycles. The molecular weight excluding hydrogens is 1030 g/mol. The third-order valence-electron chi connectivity index (χ3n) is 11.2. The number of carbonyl (C=O) groups is 6. The fourth-order valence-electron chi connectivity index (χ4n) is 7.62. The van der Waals surface area contributed by atoms with E-state index in [0.717, 1.165) is 106 Å². The Morgan fingerprint density at radius 2 is 0.897 bits per heavy atom. The van der Waals surface area contributed by atoms with Crippen molar-refractivity contribution in [3.05, 3.63) is 144 Å². The van der Waals surface area contributed by atoms with Crippen LogP contribution in [0.4, 0.5) is 0 Å². The van der Waals surface area contributed by atoms with E-state index in [1.165, 1.54) is 20.4 Å². The molecule has 404 valence electrons. The largest absolute Gasteiger partial charge is 0.463 e. The SMILES string of the molecule is C#CCCCCl.C#CCCCCl.C#CCCCn1cc(C(=O)C(=O)OC)c2ccccc21.C#CCCCn1cc(CC(N)=O)c2ccccc21.COC(=O)C(=O)c1c[nH]c2ccccc12.NC(=O)Cc1c[nH]c2ccccc12. The van der Waals surface area contributed by atoms with Gasteiger partial charge < -0.3 is 40.0 Å². The number of unbranched alkanes of at least 4 members (excludes halogenated alkanes) is 4. The number of methoxy groups -OCH3 is 2. The number of benzene rings is 4. The number of hydrogen-bond acceptors (Lipinski definition) is 8. The number of ketones is 2. The molecule has 78 heavy (non-hydrogen) atoms. The van der Waals surface area contributed by atoms with Gasteiger partial charge in [0.25, 0.3) is 11.6 Å². The third-order valence-corrected chi connectivity index (χ3v) is 11.8. The van der Waals surface area contributed by atoms with Crippen LogP contribution >= 0.6 is 23.2 Å². The number of nitrogens with two attached hydrogens (primary N) is 2. The van der Waals surface area contributed by atoms with Gasteiger partial charge >= 0.3 is 11.9 Å². The number of nitrogens with zero attached hydrogens (tertiary/aromatic N) is 2. The molecule has 16 heteroatoms. The van der Waals surface area contributed by atoms with Crippen LogP contribution in [-0.2, 0) is 54.6 Å². The second kappa shape index (κ2) is 35.4. The van der Waals surface area contributed by atoms with Gasteiger partial charge in [0.1, 0.15) is 0 Å². The maximum atomic E-state index is 12.0. The van der Waals surface area contributed by atoms with Gasteiger partial charge in [-0.25, -0.2) is 9.59 Å². The van der Waals surface area contributed by atoms with Gasteiger partial charge in [-0.1, -0.05) is 72.8 Å². The molecule has 0 unspecified atom stereocenters. The van der Waals surface area contributed by atoms with Crippen LogP contribution in [0.15, 0.2) is 122 Å². The van der Waals surface area contributed by atoms with Crippen molar-refractivity contribution in [2.24, 2.45) is 11.5 Å². The Hall–Kier alpha value is -8.92. The van der Waals surface area contributed by atoms with Crippen molar-refractivity contribution in [3.8, 4) is 49.4 Å². The summed E-state index contributed by atoms with van der Waals surface area (Å²) in [6.45, 7) is 1.57. The van der Waals surface area contributed by atoms with Crippen molar-refractivity contribution in [1.82, 2.24) is 19.1 Å². The first-order valence-electron chi connectivity index (χ1n) is 24.7. The molecule has 2 amide bonds. The summed E-state index contributed by atoms with van der Waals surface area (Å²) < 4.78 is 13.0. The highest BCUT2D eigenvalue weighted by Crippen LogP contribution is 2.24. The summed E-state index contributed by atoms with van der Waals surface area (Å²) in [6.07, 6.45) is 34.6. The standard InChI is InChI=1S/C16H15NO3.C15H16N2O.C11H9NO3.C10H10N2O.2C5H7Cl/c1-3-4-7-10-17-11-13(15(18)16(19)20-2)12-8-5-6-9-14(12)17;1-2-3-6-9-17-11-12(10-15(16)18)13-7-4-5-8-14(13)17;1-15-11(14)10(13)8-6-12-9-5-3-2-4-7(8)9;11-10(13)5-7-6-12-9-4-2-1-3-8(7)9;2*1-2-3-4-5-6/h1,5-6,8-9,11H,4,7,10H2,2H3;1,4-5,7-8,11H,3,6,9-10H2,(H2,16,18);2-6,12H,1H3;1-4,6,12H,5H2,(H2,11,13);2*1H,3-5H2. The summed E-state index contributed by atoms with van der Waals surface area (Å²) in [7, 11) is 2.39. The molecule has 8 aromatic rings. The number of primary amides is 2. The highest BCUT2D eigenvalue weighted by molar-refractivity contribution is 6.43. The second-order valence-electron chi connectivity index (χ2n) is 16.8. The maximum absolute atomic E-state index is 12.0. The highest BCUT2D eigenvalue weighted by atomic mass is 35.5. The van der Waals surface area contributed by atoms with E-state index in [-0.39, 0.29) is 18.2 Å². The number of halogens is 2. The van der Waals surface area contributed by atoms with Gasteiger partial charge in [0.15, 0.2) is 0 Å². The van der Waals surface area contributed by atoms with Crippen molar-refractivity contribution >= 4 is 102 Å². The van der Waals surface area contributed by atoms with Crippen LogP contribution in [0.5, 0.6) is 0 Å². The molecule has 4 aromatic carbocycles. The molecule has 0 aliphatic rings. The number of alkyl halides is 2. The molecular formula is C62H64Cl2N6O8. The van der Waals surface area contributed by atoms with Crippen molar-refractivity contribution < 1.29 is 38.2 Å². The molecule has 0 spiro atoms. The molecule has 0 radical (unpaired) electrons. The maximum Gasteiger partial charge on any atom is 0.379 e. The van der Waals surface area contributed by atoms with Gasteiger partial charge in [-0.05, 0) is 61.1 Å². The fourth-order valence-corrected chi connectivity index (χ4v) is 7.89. The van der Waals surface area contributed by atoms with Crippen LogP contribution < -0.4 is 11.5 Å². The first-order valence-corrected chi connectivity index (χ1v) is 25.8. The van der Waals surface area contributed by atoms with Crippen LogP contribution in [0.2, 0.25) is 0 Å².